The van der Waals surface area contributed by atoms with Gasteiger partial charge in [-0.3, -0.25) is 0 Å². The van der Waals surface area contributed by atoms with E-state index in [9.17, 15) is 0 Å². The van der Waals surface area contributed by atoms with Crippen molar-refractivity contribution in [2.75, 3.05) is 5.32 Å². The molecule has 2 heterocycles. The standard InChI is InChI=1S/C12H9BrClN5/c1-7-4-8(2-3-9(7)13)17-11-5-10(14)18-12-15-6-16-19(11)12/h2-6,17H,1H3. The van der Waals surface area contributed by atoms with Crippen LogP contribution in [-0.2, 0) is 0 Å². The van der Waals surface area contributed by atoms with E-state index < -0.39 is 0 Å². The lowest BCUT2D eigenvalue weighted by molar-refractivity contribution is 0.947. The van der Waals surface area contributed by atoms with Crippen LogP contribution in [0.2, 0.25) is 5.15 Å². The molecule has 0 spiro atoms. The van der Waals surface area contributed by atoms with Gasteiger partial charge in [-0.15, -0.1) is 0 Å². The highest BCUT2D eigenvalue weighted by molar-refractivity contribution is 9.10. The lowest BCUT2D eigenvalue weighted by atomic mass is 10.2. The van der Waals surface area contributed by atoms with Gasteiger partial charge in [-0.05, 0) is 30.7 Å². The fourth-order valence-corrected chi connectivity index (χ4v) is 2.17. The summed E-state index contributed by atoms with van der Waals surface area (Å²) in [5.74, 6) is 1.18. The fourth-order valence-electron chi connectivity index (χ4n) is 1.74. The number of benzene rings is 1. The molecule has 0 saturated carbocycles. The molecule has 5 nitrogen and oxygen atoms in total. The monoisotopic (exact) mass is 337 g/mol. The molecule has 0 aliphatic rings. The van der Waals surface area contributed by atoms with Crippen LogP contribution in [0.4, 0.5) is 11.5 Å². The molecular weight excluding hydrogens is 330 g/mol. The molecule has 0 saturated heterocycles. The van der Waals surface area contributed by atoms with Crippen molar-refractivity contribution in [3.8, 4) is 0 Å². The molecule has 0 amide bonds. The van der Waals surface area contributed by atoms with Crippen molar-refractivity contribution < 1.29 is 0 Å². The first kappa shape index (κ1) is 12.4. The Bertz CT molecular complexity index is 755. The first-order chi connectivity index (χ1) is 9.13. The zero-order chi connectivity index (χ0) is 13.4. The van der Waals surface area contributed by atoms with E-state index in [4.69, 9.17) is 11.6 Å². The van der Waals surface area contributed by atoms with E-state index in [1.54, 1.807) is 10.6 Å². The highest BCUT2D eigenvalue weighted by Gasteiger charge is 2.07. The molecular formula is C12H9BrClN5. The van der Waals surface area contributed by atoms with E-state index in [0.29, 0.717) is 16.7 Å². The van der Waals surface area contributed by atoms with E-state index >= 15 is 0 Å². The second-order valence-electron chi connectivity index (χ2n) is 4.02. The molecule has 3 rings (SSSR count). The Kier molecular flexibility index (Phi) is 3.12. The predicted octanol–water partition coefficient (Wildman–Crippen LogP) is 3.59. The highest BCUT2D eigenvalue weighted by atomic mass is 79.9. The Morgan fingerprint density at radius 3 is 2.95 bits per heavy atom. The lowest BCUT2D eigenvalue weighted by Gasteiger charge is -2.09. The minimum absolute atomic E-state index is 0.372. The van der Waals surface area contributed by atoms with Crippen LogP contribution in [-0.4, -0.2) is 19.6 Å². The van der Waals surface area contributed by atoms with E-state index in [-0.39, 0.29) is 0 Å². The van der Waals surface area contributed by atoms with Gasteiger partial charge in [0.2, 0.25) is 0 Å². The molecule has 0 aliphatic heterocycles. The summed E-state index contributed by atoms with van der Waals surface area (Å²) < 4.78 is 2.67. The van der Waals surface area contributed by atoms with Gasteiger partial charge in [0.1, 0.15) is 17.3 Å². The lowest BCUT2D eigenvalue weighted by Crippen LogP contribution is -2.01. The van der Waals surface area contributed by atoms with E-state index in [1.165, 1.54) is 6.33 Å². The van der Waals surface area contributed by atoms with Gasteiger partial charge >= 0.3 is 0 Å². The number of fused-ring (bicyclic) bond motifs is 1. The molecule has 3 aromatic rings. The Labute approximate surface area is 122 Å². The van der Waals surface area contributed by atoms with E-state index in [2.05, 4.69) is 36.3 Å². The number of aryl methyl sites for hydroxylation is 1. The fraction of sp³-hybridized carbons (Fsp3) is 0.0833. The van der Waals surface area contributed by atoms with Crippen LogP contribution in [0.3, 0.4) is 0 Å². The van der Waals surface area contributed by atoms with E-state index in [1.807, 2.05) is 25.1 Å². The number of aromatic nitrogens is 4. The largest absolute Gasteiger partial charge is 0.340 e. The summed E-state index contributed by atoms with van der Waals surface area (Å²) >= 11 is 9.44. The summed E-state index contributed by atoms with van der Waals surface area (Å²) in [6.45, 7) is 2.03. The number of hydrogen-bond donors (Lipinski definition) is 1. The van der Waals surface area contributed by atoms with Gasteiger partial charge in [0.15, 0.2) is 0 Å². The molecule has 0 unspecified atom stereocenters. The van der Waals surface area contributed by atoms with Crippen LogP contribution in [0.1, 0.15) is 5.56 Å². The quantitative estimate of drug-likeness (QED) is 0.726. The zero-order valence-corrected chi connectivity index (χ0v) is 12.3. The average Bonchev–Trinajstić information content (AvgIpc) is 2.82. The third-order valence-electron chi connectivity index (χ3n) is 2.65. The Morgan fingerprint density at radius 1 is 1.32 bits per heavy atom. The molecule has 0 radical (unpaired) electrons. The van der Waals surface area contributed by atoms with Crippen molar-refractivity contribution in [1.82, 2.24) is 19.6 Å². The summed E-state index contributed by atoms with van der Waals surface area (Å²) in [4.78, 5) is 8.10. The maximum atomic E-state index is 5.96. The summed E-state index contributed by atoms with van der Waals surface area (Å²) in [6, 6.07) is 7.69. The van der Waals surface area contributed by atoms with Gasteiger partial charge in [0.25, 0.3) is 5.78 Å². The number of nitrogens with one attached hydrogen (secondary N) is 1. The normalized spacial score (nSPS) is 10.9. The molecule has 1 aromatic carbocycles. The third-order valence-corrected chi connectivity index (χ3v) is 3.73. The second kappa shape index (κ2) is 4.79. The van der Waals surface area contributed by atoms with Crippen molar-refractivity contribution in [1.29, 1.82) is 0 Å². The third kappa shape index (κ3) is 2.41. The molecule has 0 fully saturated rings. The molecule has 7 heteroatoms. The van der Waals surface area contributed by atoms with Gasteiger partial charge in [-0.2, -0.15) is 19.6 Å². The summed E-state index contributed by atoms with van der Waals surface area (Å²) in [5.41, 5.74) is 2.08. The molecule has 19 heavy (non-hydrogen) atoms. The van der Waals surface area contributed by atoms with Crippen LogP contribution in [0, 0.1) is 6.92 Å². The van der Waals surface area contributed by atoms with Gasteiger partial charge in [-0.25, -0.2) is 0 Å². The van der Waals surface area contributed by atoms with E-state index in [0.717, 1.165) is 15.7 Å². The first-order valence-corrected chi connectivity index (χ1v) is 6.70. The van der Waals surface area contributed by atoms with Crippen LogP contribution in [0.25, 0.3) is 5.78 Å². The summed E-state index contributed by atoms with van der Waals surface area (Å²) in [5, 5.41) is 7.74. The number of halogens is 2. The number of hydrogen-bond acceptors (Lipinski definition) is 4. The number of anilines is 2. The van der Waals surface area contributed by atoms with Crippen molar-refractivity contribution in [2.45, 2.75) is 6.92 Å². The maximum absolute atomic E-state index is 5.96. The van der Waals surface area contributed by atoms with Crippen molar-refractivity contribution >= 4 is 44.8 Å². The molecule has 96 valence electrons. The van der Waals surface area contributed by atoms with Crippen molar-refractivity contribution in [2.24, 2.45) is 0 Å². The number of nitrogens with zero attached hydrogens (tertiary/aromatic N) is 4. The van der Waals surface area contributed by atoms with Crippen molar-refractivity contribution in [3.63, 3.8) is 0 Å². The topological polar surface area (TPSA) is 55.1 Å². The molecule has 1 N–H and O–H groups in total. The Balaban J connectivity index is 2.04. The average molecular weight is 339 g/mol. The van der Waals surface area contributed by atoms with Gasteiger partial charge < -0.3 is 5.32 Å². The van der Waals surface area contributed by atoms with Crippen LogP contribution < -0.4 is 5.32 Å². The van der Waals surface area contributed by atoms with Crippen LogP contribution in [0.5, 0.6) is 0 Å². The van der Waals surface area contributed by atoms with Gasteiger partial charge in [0, 0.05) is 16.2 Å². The minimum Gasteiger partial charge on any atom is -0.340 e. The SMILES string of the molecule is Cc1cc(Nc2cc(Cl)nc3ncnn23)ccc1Br. The number of rotatable bonds is 2. The van der Waals surface area contributed by atoms with Gasteiger partial charge in [-0.1, -0.05) is 27.5 Å². The minimum atomic E-state index is 0.372. The zero-order valence-electron chi connectivity index (χ0n) is 9.93. The second-order valence-corrected chi connectivity index (χ2v) is 5.27. The van der Waals surface area contributed by atoms with Crippen LogP contribution in [0.15, 0.2) is 35.1 Å². The van der Waals surface area contributed by atoms with Gasteiger partial charge in [0.05, 0.1) is 0 Å². The summed E-state index contributed by atoms with van der Waals surface area (Å²) in [6.07, 6.45) is 1.44. The molecule has 0 atom stereocenters. The first-order valence-electron chi connectivity index (χ1n) is 5.53. The predicted molar refractivity (Wildman–Crippen MR) is 78.0 cm³/mol. The smallest absolute Gasteiger partial charge is 0.255 e. The summed E-state index contributed by atoms with van der Waals surface area (Å²) in [7, 11) is 0. The van der Waals surface area contributed by atoms with Crippen molar-refractivity contribution in [3.05, 3.63) is 45.8 Å². The molecule has 0 bridgehead atoms. The molecule has 2 aromatic heterocycles. The maximum Gasteiger partial charge on any atom is 0.255 e. The Hall–Kier alpha value is -1.66. The Morgan fingerprint density at radius 2 is 2.16 bits per heavy atom. The highest BCUT2D eigenvalue weighted by Crippen LogP contribution is 2.24. The molecule has 0 aliphatic carbocycles. The van der Waals surface area contributed by atoms with Crippen LogP contribution >= 0.6 is 27.5 Å².